The molecule has 0 aliphatic carbocycles. The smallest absolute Gasteiger partial charge is 0.232 e. The highest BCUT2D eigenvalue weighted by Gasteiger charge is 2.14. The number of nitrogens with one attached hydrogen (secondary N) is 1. The van der Waals surface area contributed by atoms with Gasteiger partial charge in [0.15, 0.2) is 0 Å². The average Bonchev–Trinajstić information content (AvgIpc) is 2.55. The molecule has 0 heterocycles. The van der Waals surface area contributed by atoms with Crippen LogP contribution in [0.1, 0.15) is 12.0 Å². The number of ether oxygens (including phenoxy) is 2. The van der Waals surface area contributed by atoms with Crippen molar-refractivity contribution in [2.24, 2.45) is 0 Å². The number of methoxy groups -OCH3 is 2. The van der Waals surface area contributed by atoms with E-state index in [9.17, 15) is 8.42 Å². The van der Waals surface area contributed by atoms with Crippen LogP contribution in [0, 0.1) is 0 Å². The minimum atomic E-state index is -3.45. The third-order valence-electron chi connectivity index (χ3n) is 3.39. The van der Waals surface area contributed by atoms with E-state index < -0.39 is 10.0 Å². The normalized spacial score (nSPS) is 11.0. The summed E-state index contributed by atoms with van der Waals surface area (Å²) in [6.07, 6.45) is 1.27. The van der Waals surface area contributed by atoms with Gasteiger partial charge in [0.05, 0.1) is 25.7 Å². The Morgan fingerprint density at radius 1 is 1.00 bits per heavy atom. The number of rotatable bonds is 8. The Morgan fingerprint density at radius 2 is 1.74 bits per heavy atom. The topological polar surface area (TPSA) is 64.6 Å². The molecule has 0 aliphatic rings. The van der Waals surface area contributed by atoms with Gasteiger partial charge in [0.1, 0.15) is 11.5 Å². The van der Waals surface area contributed by atoms with E-state index in [0.29, 0.717) is 23.6 Å². The first-order valence-corrected chi connectivity index (χ1v) is 8.96. The van der Waals surface area contributed by atoms with Crippen molar-refractivity contribution in [3.05, 3.63) is 54.1 Å². The second-order valence-corrected chi connectivity index (χ2v) is 6.92. The lowest BCUT2D eigenvalue weighted by molar-refractivity contribution is 0.405. The molecule has 0 radical (unpaired) electrons. The summed E-state index contributed by atoms with van der Waals surface area (Å²) in [5.41, 5.74) is 1.51. The molecule has 2 aromatic rings. The van der Waals surface area contributed by atoms with E-state index in [2.05, 4.69) is 4.72 Å². The molecule has 23 heavy (non-hydrogen) atoms. The Bertz CT molecular complexity index is 730. The molecule has 0 amide bonds. The third-order valence-corrected chi connectivity index (χ3v) is 4.75. The Balaban J connectivity index is 2.00. The number of sulfonamides is 1. The van der Waals surface area contributed by atoms with Crippen LogP contribution < -0.4 is 14.2 Å². The molecular weight excluding hydrogens is 314 g/mol. The third kappa shape index (κ3) is 5.17. The molecule has 6 heteroatoms. The summed E-state index contributed by atoms with van der Waals surface area (Å²) in [6, 6.07) is 14.8. The van der Waals surface area contributed by atoms with Gasteiger partial charge in [-0.25, -0.2) is 8.42 Å². The van der Waals surface area contributed by atoms with Crippen LogP contribution in [-0.4, -0.2) is 28.4 Å². The summed E-state index contributed by atoms with van der Waals surface area (Å²) in [6.45, 7) is 0. The maximum atomic E-state index is 12.3. The molecule has 1 N–H and O–H groups in total. The van der Waals surface area contributed by atoms with Gasteiger partial charge in [0, 0.05) is 6.07 Å². The number of aryl methyl sites for hydroxylation is 1. The van der Waals surface area contributed by atoms with E-state index in [1.54, 1.807) is 18.2 Å². The Kier molecular flexibility index (Phi) is 5.87. The predicted molar refractivity (Wildman–Crippen MR) is 91.7 cm³/mol. The van der Waals surface area contributed by atoms with Crippen LogP contribution in [-0.2, 0) is 16.4 Å². The van der Waals surface area contributed by atoms with Crippen LogP contribution >= 0.6 is 0 Å². The fourth-order valence-corrected chi connectivity index (χ4v) is 3.34. The number of anilines is 1. The molecule has 0 unspecified atom stereocenters. The lowest BCUT2D eigenvalue weighted by atomic mass is 10.1. The summed E-state index contributed by atoms with van der Waals surface area (Å²) in [5.74, 6) is 1.06. The first kappa shape index (κ1) is 17.1. The van der Waals surface area contributed by atoms with Crippen LogP contribution in [0.25, 0.3) is 0 Å². The van der Waals surface area contributed by atoms with Crippen molar-refractivity contribution in [2.45, 2.75) is 12.8 Å². The first-order chi connectivity index (χ1) is 11.0. The fourth-order valence-electron chi connectivity index (χ4n) is 2.22. The number of hydrogen-bond acceptors (Lipinski definition) is 4. The molecule has 0 saturated carbocycles. The largest absolute Gasteiger partial charge is 0.497 e. The quantitative estimate of drug-likeness (QED) is 0.805. The van der Waals surface area contributed by atoms with Crippen LogP contribution in [0.5, 0.6) is 11.5 Å². The van der Waals surface area contributed by atoms with Crippen LogP contribution in [0.2, 0.25) is 0 Å². The molecule has 0 spiro atoms. The Labute approximate surface area is 137 Å². The van der Waals surface area contributed by atoms with Gasteiger partial charge in [0.25, 0.3) is 0 Å². The van der Waals surface area contributed by atoms with Gasteiger partial charge in [-0.3, -0.25) is 4.72 Å². The summed E-state index contributed by atoms with van der Waals surface area (Å²) >= 11 is 0. The van der Waals surface area contributed by atoms with E-state index in [-0.39, 0.29) is 5.75 Å². The van der Waals surface area contributed by atoms with Crippen LogP contribution in [0.4, 0.5) is 5.69 Å². The van der Waals surface area contributed by atoms with Crippen LogP contribution in [0.3, 0.4) is 0 Å². The fraction of sp³-hybridized carbons (Fsp3) is 0.294. The van der Waals surface area contributed by atoms with Crippen molar-refractivity contribution < 1.29 is 17.9 Å². The van der Waals surface area contributed by atoms with Gasteiger partial charge in [-0.15, -0.1) is 0 Å². The molecule has 0 aliphatic heterocycles. The maximum absolute atomic E-state index is 12.3. The van der Waals surface area contributed by atoms with Crippen molar-refractivity contribution in [1.29, 1.82) is 0 Å². The minimum absolute atomic E-state index is 0.0439. The molecule has 0 aromatic heterocycles. The zero-order chi connectivity index (χ0) is 16.7. The monoisotopic (exact) mass is 335 g/mol. The minimum Gasteiger partial charge on any atom is -0.497 e. The van der Waals surface area contributed by atoms with Crippen molar-refractivity contribution in [2.75, 3.05) is 24.7 Å². The van der Waals surface area contributed by atoms with Crippen molar-refractivity contribution in [1.82, 2.24) is 0 Å². The molecule has 2 rings (SSSR count). The van der Waals surface area contributed by atoms with Gasteiger partial charge in [-0.1, -0.05) is 30.3 Å². The molecule has 124 valence electrons. The SMILES string of the molecule is COc1ccc(OC)c(NS(=O)(=O)CCCc2ccccc2)c1. The van der Waals surface area contributed by atoms with Crippen molar-refractivity contribution in [3.63, 3.8) is 0 Å². The van der Waals surface area contributed by atoms with Crippen LogP contribution in [0.15, 0.2) is 48.5 Å². The summed E-state index contributed by atoms with van der Waals surface area (Å²) in [5, 5.41) is 0. The Morgan fingerprint density at radius 3 is 2.39 bits per heavy atom. The molecule has 5 nitrogen and oxygen atoms in total. The molecule has 0 saturated heterocycles. The molecular formula is C17H21NO4S. The van der Waals surface area contributed by atoms with Crippen molar-refractivity contribution >= 4 is 15.7 Å². The maximum Gasteiger partial charge on any atom is 0.232 e. The molecule has 0 atom stereocenters. The molecule has 0 fully saturated rings. The van der Waals surface area contributed by atoms with Gasteiger partial charge in [-0.2, -0.15) is 0 Å². The second kappa shape index (κ2) is 7.87. The van der Waals surface area contributed by atoms with Gasteiger partial charge >= 0.3 is 0 Å². The first-order valence-electron chi connectivity index (χ1n) is 7.30. The predicted octanol–water partition coefficient (Wildman–Crippen LogP) is 3.08. The standard InChI is InChI=1S/C17H21NO4S/c1-21-15-10-11-17(22-2)16(13-15)18-23(19,20)12-6-9-14-7-4-3-5-8-14/h3-5,7-8,10-11,13,18H,6,9,12H2,1-2H3. The second-order valence-electron chi connectivity index (χ2n) is 5.08. The van der Waals surface area contributed by atoms with E-state index in [1.807, 2.05) is 30.3 Å². The zero-order valence-electron chi connectivity index (χ0n) is 13.3. The lowest BCUT2D eigenvalue weighted by Gasteiger charge is -2.13. The Hall–Kier alpha value is -2.21. The van der Waals surface area contributed by atoms with Gasteiger partial charge < -0.3 is 9.47 Å². The number of hydrogen-bond donors (Lipinski definition) is 1. The van der Waals surface area contributed by atoms with Crippen molar-refractivity contribution in [3.8, 4) is 11.5 Å². The van der Waals surface area contributed by atoms with E-state index >= 15 is 0 Å². The lowest BCUT2D eigenvalue weighted by Crippen LogP contribution is -2.17. The van der Waals surface area contributed by atoms with Gasteiger partial charge in [-0.05, 0) is 30.5 Å². The highest BCUT2D eigenvalue weighted by molar-refractivity contribution is 7.92. The van der Waals surface area contributed by atoms with E-state index in [0.717, 1.165) is 12.0 Å². The highest BCUT2D eigenvalue weighted by atomic mass is 32.2. The summed E-state index contributed by atoms with van der Waals surface area (Å²) < 4.78 is 37.4. The zero-order valence-corrected chi connectivity index (χ0v) is 14.1. The summed E-state index contributed by atoms with van der Waals surface area (Å²) in [4.78, 5) is 0. The number of benzene rings is 2. The van der Waals surface area contributed by atoms with Gasteiger partial charge in [0.2, 0.25) is 10.0 Å². The highest BCUT2D eigenvalue weighted by Crippen LogP contribution is 2.29. The van der Waals surface area contributed by atoms with E-state index in [4.69, 9.17) is 9.47 Å². The summed E-state index contributed by atoms with van der Waals surface area (Å²) in [7, 11) is -0.425. The molecule has 0 bridgehead atoms. The van der Waals surface area contributed by atoms with E-state index in [1.165, 1.54) is 14.2 Å². The average molecular weight is 335 g/mol. The molecule has 2 aromatic carbocycles.